The maximum absolute atomic E-state index is 12.2. The third kappa shape index (κ3) is 3.61. The summed E-state index contributed by atoms with van der Waals surface area (Å²) in [4.78, 5) is 14.2. The average molecular weight is 398 g/mol. The molecular weight excluding hydrogens is 384 g/mol. The second-order valence-electron chi connectivity index (χ2n) is 4.52. The molecule has 3 nitrogen and oxygen atoms in total. The molecule has 0 bridgehead atoms. The van der Waals surface area contributed by atoms with Crippen molar-refractivity contribution in [1.82, 2.24) is 0 Å². The lowest BCUT2D eigenvalue weighted by molar-refractivity contribution is 0.102. The van der Waals surface area contributed by atoms with E-state index in [4.69, 9.17) is 0 Å². The first kappa shape index (κ1) is 15.1. The predicted octanol–water partition coefficient (Wildman–Crippen LogP) is 4.53. The quantitative estimate of drug-likeness (QED) is 0.825. The fourth-order valence-corrected chi connectivity index (χ4v) is 2.94. The molecular formula is C15H14Br2N2O. The van der Waals surface area contributed by atoms with Gasteiger partial charge in [-0.3, -0.25) is 4.79 Å². The monoisotopic (exact) mass is 396 g/mol. The van der Waals surface area contributed by atoms with E-state index >= 15 is 0 Å². The summed E-state index contributed by atoms with van der Waals surface area (Å²) in [5, 5.41) is 2.88. The molecule has 1 N–H and O–H groups in total. The van der Waals surface area contributed by atoms with Gasteiger partial charge >= 0.3 is 0 Å². The van der Waals surface area contributed by atoms with Crippen LogP contribution in [0.1, 0.15) is 10.4 Å². The fourth-order valence-electron chi connectivity index (χ4n) is 1.71. The van der Waals surface area contributed by atoms with Gasteiger partial charge in [0, 0.05) is 34.4 Å². The number of nitrogens with one attached hydrogen (secondary N) is 1. The summed E-state index contributed by atoms with van der Waals surface area (Å²) in [6.45, 7) is 0. The molecule has 0 aliphatic heterocycles. The number of amides is 1. The number of anilines is 2. The van der Waals surface area contributed by atoms with Gasteiger partial charge in [-0.25, -0.2) is 0 Å². The molecule has 0 saturated carbocycles. The molecule has 0 unspecified atom stereocenters. The minimum atomic E-state index is -0.137. The van der Waals surface area contributed by atoms with Crippen molar-refractivity contribution in [3.05, 3.63) is 57.0 Å². The van der Waals surface area contributed by atoms with Crippen LogP contribution < -0.4 is 10.2 Å². The number of nitrogens with zero attached hydrogens (tertiary/aromatic N) is 1. The van der Waals surface area contributed by atoms with Crippen molar-refractivity contribution in [3.8, 4) is 0 Å². The Balaban J connectivity index is 2.15. The van der Waals surface area contributed by atoms with Crippen molar-refractivity contribution in [2.24, 2.45) is 0 Å². The van der Waals surface area contributed by atoms with Gasteiger partial charge in [0.15, 0.2) is 0 Å². The average Bonchev–Trinajstić information content (AvgIpc) is 2.39. The smallest absolute Gasteiger partial charge is 0.256 e. The van der Waals surface area contributed by atoms with E-state index in [0.717, 1.165) is 20.3 Å². The van der Waals surface area contributed by atoms with E-state index in [-0.39, 0.29) is 5.91 Å². The van der Waals surface area contributed by atoms with Crippen molar-refractivity contribution in [2.75, 3.05) is 24.3 Å². The van der Waals surface area contributed by atoms with Crippen molar-refractivity contribution in [3.63, 3.8) is 0 Å². The number of carbonyl (C=O) groups excluding carboxylic acids is 1. The number of benzene rings is 2. The standard InChI is InChI=1S/C15H14Br2N2O/c1-19(2)12-6-4-11(5-7-12)18-15(20)13-8-3-10(16)9-14(13)17/h3-9H,1-2H3,(H,18,20). The molecule has 104 valence electrons. The summed E-state index contributed by atoms with van der Waals surface area (Å²) in [6.07, 6.45) is 0. The van der Waals surface area contributed by atoms with Crippen LogP contribution in [0.2, 0.25) is 0 Å². The Bertz CT molecular complexity index is 624. The largest absolute Gasteiger partial charge is 0.378 e. The third-order valence-electron chi connectivity index (χ3n) is 2.82. The van der Waals surface area contributed by atoms with E-state index < -0.39 is 0 Å². The van der Waals surface area contributed by atoms with Crippen LogP contribution in [-0.4, -0.2) is 20.0 Å². The summed E-state index contributed by atoms with van der Waals surface area (Å²) >= 11 is 6.76. The molecule has 2 aromatic carbocycles. The lowest BCUT2D eigenvalue weighted by Gasteiger charge is -2.13. The Morgan fingerprint density at radius 2 is 1.70 bits per heavy atom. The summed E-state index contributed by atoms with van der Waals surface area (Å²) in [6, 6.07) is 13.2. The molecule has 2 rings (SSSR count). The summed E-state index contributed by atoms with van der Waals surface area (Å²) in [7, 11) is 3.96. The highest BCUT2D eigenvalue weighted by Crippen LogP contribution is 2.23. The molecule has 0 spiro atoms. The van der Waals surface area contributed by atoms with Gasteiger partial charge in [-0.1, -0.05) is 15.9 Å². The topological polar surface area (TPSA) is 32.3 Å². The van der Waals surface area contributed by atoms with Gasteiger partial charge in [-0.15, -0.1) is 0 Å². The number of halogens is 2. The Morgan fingerprint density at radius 3 is 2.25 bits per heavy atom. The molecule has 0 saturated heterocycles. The molecule has 0 aromatic heterocycles. The van der Waals surface area contributed by atoms with Crippen LogP contribution in [0.15, 0.2) is 51.4 Å². The molecule has 0 aliphatic carbocycles. The molecule has 2 aromatic rings. The Hall–Kier alpha value is -1.33. The third-order valence-corrected chi connectivity index (χ3v) is 3.97. The highest BCUT2D eigenvalue weighted by Gasteiger charge is 2.10. The highest BCUT2D eigenvalue weighted by atomic mass is 79.9. The first-order valence-corrected chi connectivity index (χ1v) is 7.60. The van der Waals surface area contributed by atoms with Gasteiger partial charge in [0.25, 0.3) is 5.91 Å². The molecule has 0 aliphatic rings. The summed E-state index contributed by atoms with van der Waals surface area (Å²) in [5.41, 5.74) is 2.47. The normalized spacial score (nSPS) is 10.2. The minimum Gasteiger partial charge on any atom is -0.378 e. The van der Waals surface area contributed by atoms with E-state index in [1.807, 2.05) is 55.4 Å². The van der Waals surface area contributed by atoms with Crippen LogP contribution in [0.5, 0.6) is 0 Å². The number of carbonyl (C=O) groups is 1. The van der Waals surface area contributed by atoms with Crippen LogP contribution in [0.3, 0.4) is 0 Å². The Labute approximate surface area is 135 Å². The zero-order valence-electron chi connectivity index (χ0n) is 11.2. The molecule has 0 fully saturated rings. The van der Waals surface area contributed by atoms with Crippen LogP contribution in [0.4, 0.5) is 11.4 Å². The fraction of sp³-hybridized carbons (Fsp3) is 0.133. The van der Waals surface area contributed by atoms with Crippen LogP contribution >= 0.6 is 31.9 Å². The lowest BCUT2D eigenvalue weighted by Crippen LogP contribution is -2.13. The van der Waals surface area contributed by atoms with Gasteiger partial charge in [0.2, 0.25) is 0 Å². The highest BCUT2D eigenvalue weighted by molar-refractivity contribution is 9.11. The predicted molar refractivity (Wildman–Crippen MR) is 90.6 cm³/mol. The molecule has 0 atom stereocenters. The van der Waals surface area contributed by atoms with E-state index in [1.165, 1.54) is 0 Å². The van der Waals surface area contributed by atoms with Crippen molar-refractivity contribution >= 4 is 49.1 Å². The van der Waals surface area contributed by atoms with Gasteiger partial charge < -0.3 is 10.2 Å². The summed E-state index contributed by atoms with van der Waals surface area (Å²) in [5.74, 6) is -0.137. The van der Waals surface area contributed by atoms with Gasteiger partial charge in [-0.2, -0.15) is 0 Å². The molecule has 20 heavy (non-hydrogen) atoms. The molecule has 5 heteroatoms. The lowest BCUT2D eigenvalue weighted by atomic mass is 10.2. The zero-order valence-corrected chi connectivity index (χ0v) is 14.3. The maximum Gasteiger partial charge on any atom is 0.256 e. The summed E-state index contributed by atoms with van der Waals surface area (Å²) < 4.78 is 1.69. The minimum absolute atomic E-state index is 0.137. The number of rotatable bonds is 3. The van der Waals surface area contributed by atoms with E-state index in [9.17, 15) is 4.79 Å². The Kier molecular flexibility index (Phi) is 4.83. The van der Waals surface area contributed by atoms with Crippen LogP contribution in [0.25, 0.3) is 0 Å². The zero-order chi connectivity index (χ0) is 14.7. The van der Waals surface area contributed by atoms with E-state index in [1.54, 1.807) is 6.07 Å². The molecule has 0 radical (unpaired) electrons. The van der Waals surface area contributed by atoms with Gasteiger partial charge in [0.1, 0.15) is 0 Å². The SMILES string of the molecule is CN(C)c1ccc(NC(=O)c2ccc(Br)cc2Br)cc1. The first-order valence-electron chi connectivity index (χ1n) is 6.01. The van der Waals surface area contributed by atoms with Crippen molar-refractivity contribution < 1.29 is 4.79 Å². The molecule has 1 amide bonds. The first-order chi connectivity index (χ1) is 9.47. The number of hydrogen-bond donors (Lipinski definition) is 1. The maximum atomic E-state index is 12.2. The van der Waals surface area contributed by atoms with Crippen LogP contribution in [-0.2, 0) is 0 Å². The molecule has 0 heterocycles. The van der Waals surface area contributed by atoms with Gasteiger partial charge in [0.05, 0.1) is 5.56 Å². The van der Waals surface area contributed by atoms with Gasteiger partial charge in [-0.05, 0) is 58.4 Å². The number of hydrogen-bond acceptors (Lipinski definition) is 2. The van der Waals surface area contributed by atoms with E-state index in [2.05, 4.69) is 37.2 Å². The van der Waals surface area contributed by atoms with Crippen LogP contribution in [0, 0.1) is 0 Å². The Morgan fingerprint density at radius 1 is 1.05 bits per heavy atom. The second-order valence-corrected chi connectivity index (χ2v) is 6.29. The van der Waals surface area contributed by atoms with Crippen molar-refractivity contribution in [1.29, 1.82) is 0 Å². The van der Waals surface area contributed by atoms with Crippen molar-refractivity contribution in [2.45, 2.75) is 0 Å². The van der Waals surface area contributed by atoms with E-state index in [0.29, 0.717) is 5.56 Å². The second kappa shape index (κ2) is 6.41.